The third-order valence-corrected chi connectivity index (χ3v) is 5.45. The predicted molar refractivity (Wildman–Crippen MR) is 72.2 cm³/mol. The summed E-state index contributed by atoms with van der Waals surface area (Å²) in [4.78, 5) is 9.05. The standard InChI is InChI=1S/C12H13F3N2OS2/c1-5-7(3)19-9(16-5)11(18,12(13,14)15)10-17-6(2)8(4)20-10/h18H,1-4H3. The molecule has 0 aliphatic carbocycles. The molecule has 3 nitrogen and oxygen atoms in total. The maximum atomic E-state index is 13.4. The molecule has 2 heterocycles. The van der Waals surface area contributed by atoms with E-state index in [1.54, 1.807) is 27.7 Å². The number of aliphatic hydroxyl groups is 1. The number of nitrogens with zero attached hydrogens (tertiary/aromatic N) is 2. The van der Waals surface area contributed by atoms with Crippen molar-refractivity contribution in [2.75, 3.05) is 0 Å². The van der Waals surface area contributed by atoms with Crippen LogP contribution >= 0.6 is 22.7 Å². The zero-order valence-corrected chi connectivity index (χ0v) is 12.9. The van der Waals surface area contributed by atoms with E-state index in [-0.39, 0.29) is 10.0 Å². The fourth-order valence-corrected chi connectivity index (χ4v) is 3.71. The topological polar surface area (TPSA) is 46.0 Å². The van der Waals surface area contributed by atoms with Gasteiger partial charge in [0.05, 0.1) is 11.4 Å². The Labute approximate surface area is 122 Å². The molecule has 110 valence electrons. The number of thiazole rings is 2. The van der Waals surface area contributed by atoms with E-state index in [1.807, 2.05) is 0 Å². The van der Waals surface area contributed by atoms with Crippen LogP contribution in [-0.2, 0) is 5.60 Å². The average Bonchev–Trinajstić information content (AvgIpc) is 2.82. The van der Waals surface area contributed by atoms with Gasteiger partial charge in [0, 0.05) is 9.75 Å². The number of alkyl halides is 3. The first-order valence-corrected chi connectivity index (χ1v) is 7.38. The van der Waals surface area contributed by atoms with Gasteiger partial charge < -0.3 is 5.11 Å². The Bertz CT molecular complexity index is 560. The van der Waals surface area contributed by atoms with Crippen molar-refractivity contribution in [1.82, 2.24) is 9.97 Å². The molecule has 2 aromatic rings. The normalized spacial score (nSPS) is 13.0. The van der Waals surface area contributed by atoms with E-state index in [2.05, 4.69) is 9.97 Å². The first kappa shape index (κ1) is 15.4. The van der Waals surface area contributed by atoms with Crippen LogP contribution in [0, 0.1) is 27.7 Å². The van der Waals surface area contributed by atoms with Crippen LogP contribution in [0.2, 0.25) is 0 Å². The predicted octanol–water partition coefficient (Wildman–Crippen LogP) is 3.63. The Hall–Kier alpha value is -0.990. The Morgan fingerprint density at radius 3 is 1.40 bits per heavy atom. The summed E-state index contributed by atoms with van der Waals surface area (Å²) in [5, 5.41) is 9.58. The highest BCUT2D eigenvalue weighted by atomic mass is 32.1. The van der Waals surface area contributed by atoms with E-state index in [4.69, 9.17) is 0 Å². The molecule has 1 N–H and O–H groups in total. The lowest BCUT2D eigenvalue weighted by Gasteiger charge is -2.26. The van der Waals surface area contributed by atoms with Crippen LogP contribution in [0.5, 0.6) is 0 Å². The van der Waals surface area contributed by atoms with Crippen LogP contribution in [0.4, 0.5) is 13.2 Å². The van der Waals surface area contributed by atoms with Gasteiger partial charge in [-0.2, -0.15) is 13.2 Å². The van der Waals surface area contributed by atoms with Crippen molar-refractivity contribution in [3.63, 3.8) is 0 Å². The summed E-state index contributed by atoms with van der Waals surface area (Å²) in [6.07, 6.45) is -4.87. The molecule has 2 aromatic heterocycles. The SMILES string of the molecule is Cc1nc(C(O)(c2nc(C)c(C)s2)C(F)(F)F)sc1C. The van der Waals surface area contributed by atoms with E-state index in [1.165, 1.54) is 0 Å². The van der Waals surface area contributed by atoms with Crippen molar-refractivity contribution in [3.8, 4) is 0 Å². The van der Waals surface area contributed by atoms with Crippen molar-refractivity contribution < 1.29 is 18.3 Å². The van der Waals surface area contributed by atoms with Crippen LogP contribution in [-0.4, -0.2) is 21.3 Å². The lowest BCUT2D eigenvalue weighted by Crippen LogP contribution is -2.43. The van der Waals surface area contributed by atoms with Gasteiger partial charge in [0.15, 0.2) is 0 Å². The molecular weight excluding hydrogens is 309 g/mol. The summed E-state index contributed by atoms with van der Waals surface area (Å²) in [5.74, 6) is 0. The largest absolute Gasteiger partial charge is 0.430 e. The molecule has 0 aromatic carbocycles. The Balaban J connectivity index is 2.68. The number of halogens is 3. The van der Waals surface area contributed by atoms with Crippen molar-refractivity contribution in [3.05, 3.63) is 31.2 Å². The van der Waals surface area contributed by atoms with Crippen molar-refractivity contribution in [2.45, 2.75) is 39.5 Å². The zero-order chi connectivity index (χ0) is 15.3. The highest BCUT2D eigenvalue weighted by Gasteiger charge is 2.60. The lowest BCUT2D eigenvalue weighted by molar-refractivity contribution is -0.248. The summed E-state index contributed by atoms with van der Waals surface area (Å²) in [6, 6.07) is 0. The summed E-state index contributed by atoms with van der Waals surface area (Å²) < 4.78 is 40.3. The van der Waals surface area contributed by atoms with Crippen molar-refractivity contribution in [1.29, 1.82) is 0 Å². The quantitative estimate of drug-likeness (QED) is 0.918. The number of rotatable bonds is 2. The molecule has 0 fully saturated rings. The second-order valence-corrected chi connectivity index (χ2v) is 6.94. The summed E-state index contributed by atoms with van der Waals surface area (Å²) >= 11 is 1.69. The Kier molecular flexibility index (Phi) is 3.68. The summed E-state index contributed by atoms with van der Waals surface area (Å²) in [6.45, 7) is 6.58. The molecule has 0 radical (unpaired) electrons. The molecular formula is C12H13F3N2OS2. The molecule has 0 atom stereocenters. The first-order valence-electron chi connectivity index (χ1n) is 5.75. The van der Waals surface area contributed by atoms with Crippen molar-refractivity contribution in [2.24, 2.45) is 0 Å². The minimum Gasteiger partial charge on any atom is -0.369 e. The average molecular weight is 322 g/mol. The van der Waals surface area contributed by atoms with Crippen LogP contribution in [0.15, 0.2) is 0 Å². The van der Waals surface area contributed by atoms with Gasteiger partial charge in [-0.25, -0.2) is 9.97 Å². The van der Waals surface area contributed by atoms with E-state index in [0.717, 1.165) is 22.7 Å². The van der Waals surface area contributed by atoms with Crippen LogP contribution in [0.1, 0.15) is 31.2 Å². The second kappa shape index (κ2) is 4.78. The molecule has 0 saturated heterocycles. The molecule has 0 unspecified atom stereocenters. The molecule has 2 rings (SSSR count). The first-order chi connectivity index (χ1) is 9.07. The molecule has 0 spiro atoms. The van der Waals surface area contributed by atoms with E-state index in [9.17, 15) is 18.3 Å². The molecule has 0 saturated carbocycles. The van der Waals surface area contributed by atoms with Gasteiger partial charge in [-0.05, 0) is 27.7 Å². The monoisotopic (exact) mass is 322 g/mol. The molecule has 0 aliphatic rings. The highest BCUT2D eigenvalue weighted by Crippen LogP contribution is 2.47. The molecule has 0 aliphatic heterocycles. The second-order valence-electron chi connectivity index (χ2n) is 4.53. The minimum atomic E-state index is -4.87. The third-order valence-electron chi connectivity index (χ3n) is 3.09. The van der Waals surface area contributed by atoms with Gasteiger partial charge >= 0.3 is 6.18 Å². The Morgan fingerprint density at radius 1 is 0.850 bits per heavy atom. The number of hydrogen-bond acceptors (Lipinski definition) is 5. The van der Waals surface area contributed by atoms with Gasteiger partial charge in [-0.15, -0.1) is 22.7 Å². The molecule has 0 amide bonds. The van der Waals surface area contributed by atoms with E-state index in [0.29, 0.717) is 21.1 Å². The maximum absolute atomic E-state index is 13.4. The van der Waals surface area contributed by atoms with Gasteiger partial charge in [0.25, 0.3) is 5.60 Å². The summed E-state index contributed by atoms with van der Waals surface area (Å²) in [7, 11) is 0. The summed E-state index contributed by atoms with van der Waals surface area (Å²) in [5.41, 5.74) is -2.17. The number of aryl methyl sites for hydroxylation is 4. The lowest BCUT2D eigenvalue weighted by atomic mass is 10.1. The van der Waals surface area contributed by atoms with E-state index >= 15 is 0 Å². The Morgan fingerprint density at radius 2 is 1.20 bits per heavy atom. The molecule has 8 heteroatoms. The molecule has 20 heavy (non-hydrogen) atoms. The van der Waals surface area contributed by atoms with Gasteiger partial charge in [0.2, 0.25) is 0 Å². The van der Waals surface area contributed by atoms with Gasteiger partial charge in [-0.3, -0.25) is 0 Å². The smallest absolute Gasteiger partial charge is 0.369 e. The van der Waals surface area contributed by atoms with E-state index < -0.39 is 11.8 Å². The van der Waals surface area contributed by atoms with Crippen LogP contribution < -0.4 is 0 Å². The maximum Gasteiger partial charge on any atom is 0.430 e. The van der Waals surface area contributed by atoms with Crippen molar-refractivity contribution >= 4 is 22.7 Å². The number of hydrogen-bond donors (Lipinski definition) is 1. The fraction of sp³-hybridized carbons (Fsp3) is 0.500. The van der Waals surface area contributed by atoms with Crippen LogP contribution in [0.25, 0.3) is 0 Å². The third kappa shape index (κ3) is 2.25. The van der Waals surface area contributed by atoms with Gasteiger partial charge in [0.1, 0.15) is 10.0 Å². The van der Waals surface area contributed by atoms with Gasteiger partial charge in [-0.1, -0.05) is 0 Å². The zero-order valence-electron chi connectivity index (χ0n) is 11.3. The number of aromatic nitrogens is 2. The highest BCUT2D eigenvalue weighted by molar-refractivity contribution is 7.13. The minimum absolute atomic E-state index is 0.381. The van der Waals surface area contributed by atoms with Crippen LogP contribution in [0.3, 0.4) is 0 Å². The molecule has 0 bridgehead atoms. The fourth-order valence-electron chi connectivity index (χ4n) is 1.59.